The smallest absolute Gasteiger partial charge is 0.410 e. The number of amides is 1. The Kier molecular flexibility index (Phi) is 7.71. The lowest BCUT2D eigenvalue weighted by Crippen LogP contribution is -2.58. The number of nitrogens with zero attached hydrogens (tertiary/aromatic N) is 1. The van der Waals surface area contributed by atoms with Gasteiger partial charge in [0.2, 0.25) is 10.0 Å². The molecule has 1 aliphatic heterocycles. The first kappa shape index (κ1) is 23.8. The monoisotopic (exact) mass is 470 g/mol. The molecule has 4 rings (SSSR count). The molecule has 1 N–H and O–H groups in total. The summed E-state index contributed by atoms with van der Waals surface area (Å²) in [6.45, 7) is 0.580. The Balaban J connectivity index is 1.57. The first-order chi connectivity index (χ1) is 15.9. The number of piperidine rings is 1. The van der Waals surface area contributed by atoms with Gasteiger partial charge < -0.3 is 9.64 Å². The minimum atomic E-state index is -3.41. The van der Waals surface area contributed by atoms with Crippen LogP contribution in [0, 0.1) is 0 Å². The summed E-state index contributed by atoms with van der Waals surface area (Å²) in [5.41, 5.74) is 3.30. The molecule has 1 saturated heterocycles. The SMILES string of the molecule is CS(=O)(=O)NC1CCCN(C(=O)OC2CCCCC2)C1Cc1cccc(-c2ccccc2)c1. The van der Waals surface area contributed by atoms with Crippen LogP contribution in [0.4, 0.5) is 4.79 Å². The Morgan fingerprint density at radius 2 is 1.70 bits per heavy atom. The molecule has 7 heteroatoms. The van der Waals surface area contributed by atoms with E-state index in [1.807, 2.05) is 30.3 Å². The Labute approximate surface area is 197 Å². The molecule has 1 saturated carbocycles. The van der Waals surface area contributed by atoms with E-state index >= 15 is 0 Å². The Morgan fingerprint density at radius 3 is 2.42 bits per heavy atom. The number of nitrogens with one attached hydrogen (secondary N) is 1. The van der Waals surface area contributed by atoms with Crippen molar-refractivity contribution in [3.63, 3.8) is 0 Å². The van der Waals surface area contributed by atoms with Gasteiger partial charge in [0, 0.05) is 12.6 Å². The van der Waals surface area contributed by atoms with E-state index in [1.165, 1.54) is 12.7 Å². The summed E-state index contributed by atoms with van der Waals surface area (Å²) in [7, 11) is -3.41. The van der Waals surface area contributed by atoms with Crippen LogP contribution in [0.2, 0.25) is 0 Å². The topological polar surface area (TPSA) is 75.7 Å². The van der Waals surface area contributed by atoms with E-state index in [9.17, 15) is 13.2 Å². The highest BCUT2D eigenvalue weighted by Gasteiger charge is 2.37. The molecule has 33 heavy (non-hydrogen) atoms. The van der Waals surface area contributed by atoms with Gasteiger partial charge in [-0.25, -0.2) is 17.9 Å². The van der Waals surface area contributed by atoms with Gasteiger partial charge in [-0.2, -0.15) is 0 Å². The van der Waals surface area contributed by atoms with Gasteiger partial charge in [-0.15, -0.1) is 0 Å². The summed E-state index contributed by atoms with van der Waals surface area (Å²) >= 11 is 0. The molecule has 2 aliphatic rings. The summed E-state index contributed by atoms with van der Waals surface area (Å²) < 4.78 is 32.8. The van der Waals surface area contributed by atoms with Crippen molar-refractivity contribution >= 4 is 16.1 Å². The Bertz CT molecular complexity index is 1040. The summed E-state index contributed by atoms with van der Waals surface area (Å²) in [5, 5.41) is 0. The van der Waals surface area contributed by atoms with Gasteiger partial charge in [0.05, 0.1) is 12.3 Å². The van der Waals surface area contributed by atoms with Crippen LogP contribution in [0.1, 0.15) is 50.5 Å². The van der Waals surface area contributed by atoms with Crippen LogP contribution in [-0.2, 0) is 21.2 Å². The molecule has 0 bridgehead atoms. The van der Waals surface area contributed by atoms with E-state index in [4.69, 9.17) is 4.74 Å². The van der Waals surface area contributed by atoms with Crippen LogP contribution in [0.3, 0.4) is 0 Å². The Hall–Kier alpha value is -2.38. The molecule has 0 spiro atoms. The summed E-state index contributed by atoms with van der Waals surface area (Å²) in [6, 6.07) is 17.8. The predicted molar refractivity (Wildman–Crippen MR) is 130 cm³/mol. The van der Waals surface area contributed by atoms with Gasteiger partial charge >= 0.3 is 6.09 Å². The van der Waals surface area contributed by atoms with Crippen molar-refractivity contribution in [1.82, 2.24) is 9.62 Å². The number of hydrogen-bond donors (Lipinski definition) is 1. The molecule has 1 heterocycles. The standard InChI is InChI=1S/C26H34N2O4S/c1-33(30,31)27-24-16-9-17-28(26(29)32-23-14-6-3-7-15-23)25(24)19-20-10-8-13-22(18-20)21-11-4-2-5-12-21/h2,4-5,8,10-13,18,23-25,27H,3,6-7,9,14-17,19H2,1H3. The quantitative estimate of drug-likeness (QED) is 0.661. The zero-order valence-electron chi connectivity index (χ0n) is 19.3. The average Bonchev–Trinajstić information content (AvgIpc) is 2.80. The number of ether oxygens (including phenoxy) is 1. The zero-order valence-corrected chi connectivity index (χ0v) is 20.1. The van der Waals surface area contributed by atoms with Crippen LogP contribution in [-0.4, -0.2) is 50.4 Å². The number of benzene rings is 2. The lowest BCUT2D eigenvalue weighted by Gasteiger charge is -2.41. The van der Waals surface area contributed by atoms with E-state index in [0.717, 1.165) is 48.8 Å². The van der Waals surface area contributed by atoms with Crippen molar-refractivity contribution in [2.75, 3.05) is 12.8 Å². The van der Waals surface area contributed by atoms with Gasteiger partial charge in [0.25, 0.3) is 0 Å². The molecule has 0 aromatic heterocycles. The summed E-state index contributed by atoms with van der Waals surface area (Å²) in [5.74, 6) is 0. The molecule has 0 radical (unpaired) electrons. The van der Waals surface area contributed by atoms with Crippen LogP contribution in [0.15, 0.2) is 54.6 Å². The fourth-order valence-electron chi connectivity index (χ4n) is 5.09. The molecule has 2 unspecified atom stereocenters. The summed E-state index contributed by atoms with van der Waals surface area (Å²) in [6.07, 6.45) is 8.03. The van der Waals surface area contributed by atoms with Gasteiger partial charge in [-0.1, -0.05) is 61.0 Å². The highest BCUT2D eigenvalue weighted by atomic mass is 32.2. The van der Waals surface area contributed by atoms with Crippen LogP contribution in [0.25, 0.3) is 11.1 Å². The van der Waals surface area contributed by atoms with E-state index in [0.29, 0.717) is 19.4 Å². The molecule has 6 nitrogen and oxygen atoms in total. The third-order valence-electron chi connectivity index (χ3n) is 6.68. The van der Waals surface area contributed by atoms with E-state index < -0.39 is 10.0 Å². The van der Waals surface area contributed by atoms with Crippen molar-refractivity contribution in [3.05, 3.63) is 60.2 Å². The van der Waals surface area contributed by atoms with E-state index in [1.54, 1.807) is 4.90 Å². The van der Waals surface area contributed by atoms with Gasteiger partial charge in [0.15, 0.2) is 0 Å². The average molecular weight is 471 g/mol. The maximum absolute atomic E-state index is 13.2. The molecule has 1 amide bonds. The second-order valence-electron chi connectivity index (χ2n) is 9.31. The summed E-state index contributed by atoms with van der Waals surface area (Å²) in [4.78, 5) is 15.0. The number of sulfonamides is 1. The van der Waals surface area contributed by atoms with Crippen molar-refractivity contribution < 1.29 is 17.9 Å². The Morgan fingerprint density at radius 1 is 0.970 bits per heavy atom. The molecule has 2 aromatic rings. The molecule has 2 fully saturated rings. The first-order valence-corrected chi connectivity index (χ1v) is 13.9. The highest BCUT2D eigenvalue weighted by Crippen LogP contribution is 2.27. The second kappa shape index (κ2) is 10.7. The number of hydrogen-bond acceptors (Lipinski definition) is 4. The maximum atomic E-state index is 13.2. The lowest BCUT2D eigenvalue weighted by atomic mass is 9.90. The number of carbonyl (C=O) groups excluding carboxylic acids is 1. The molecular formula is C26H34N2O4S. The second-order valence-corrected chi connectivity index (χ2v) is 11.1. The minimum absolute atomic E-state index is 0.0310. The largest absolute Gasteiger partial charge is 0.446 e. The fraction of sp³-hybridized carbons (Fsp3) is 0.500. The lowest BCUT2D eigenvalue weighted by molar-refractivity contribution is 0.0236. The fourth-order valence-corrected chi connectivity index (χ4v) is 5.92. The predicted octanol–water partition coefficient (Wildman–Crippen LogP) is 4.75. The van der Waals surface area contributed by atoms with Crippen molar-refractivity contribution in [2.45, 2.75) is 69.6 Å². The zero-order chi connectivity index (χ0) is 23.3. The van der Waals surface area contributed by atoms with Gasteiger partial charge in [0.1, 0.15) is 6.10 Å². The number of rotatable bonds is 6. The molecule has 178 valence electrons. The van der Waals surface area contributed by atoms with Crippen LogP contribution < -0.4 is 4.72 Å². The molecule has 2 atom stereocenters. The van der Waals surface area contributed by atoms with Gasteiger partial charge in [-0.3, -0.25) is 0 Å². The van der Waals surface area contributed by atoms with Crippen molar-refractivity contribution in [2.24, 2.45) is 0 Å². The maximum Gasteiger partial charge on any atom is 0.410 e. The number of carbonyl (C=O) groups is 1. The first-order valence-electron chi connectivity index (χ1n) is 12.0. The van der Waals surface area contributed by atoms with Crippen LogP contribution in [0.5, 0.6) is 0 Å². The normalized spacial score (nSPS) is 22.2. The van der Waals surface area contributed by atoms with Gasteiger partial charge in [-0.05, 0) is 61.6 Å². The minimum Gasteiger partial charge on any atom is -0.446 e. The van der Waals surface area contributed by atoms with Crippen LogP contribution >= 0.6 is 0 Å². The molecule has 1 aliphatic carbocycles. The highest BCUT2D eigenvalue weighted by molar-refractivity contribution is 7.88. The third-order valence-corrected chi connectivity index (χ3v) is 7.41. The molecule has 2 aromatic carbocycles. The molecular weight excluding hydrogens is 436 g/mol. The van der Waals surface area contributed by atoms with E-state index in [2.05, 4.69) is 29.0 Å². The third kappa shape index (κ3) is 6.58. The van der Waals surface area contributed by atoms with E-state index in [-0.39, 0.29) is 24.3 Å². The number of likely N-dealkylation sites (tertiary alicyclic amines) is 1. The van der Waals surface area contributed by atoms with Crippen molar-refractivity contribution in [3.8, 4) is 11.1 Å². The van der Waals surface area contributed by atoms with Crippen molar-refractivity contribution in [1.29, 1.82) is 0 Å².